The first kappa shape index (κ1) is 24.3. The number of hydrogen-bond acceptors (Lipinski definition) is 6. The number of carbonyl (C=O) groups is 2. The van der Waals surface area contributed by atoms with Crippen LogP contribution in [0.15, 0.2) is 47.6 Å². The first-order chi connectivity index (χ1) is 15.8. The third kappa shape index (κ3) is 6.58. The lowest BCUT2D eigenvalue weighted by Gasteiger charge is -2.14. The summed E-state index contributed by atoms with van der Waals surface area (Å²) in [6.07, 6.45) is 0.256. The van der Waals surface area contributed by atoms with Crippen molar-refractivity contribution < 1.29 is 14.3 Å². The standard InChI is InChI=1S/C24H29N5O3S/c1-15-6-7-16(2)20(12-15)26-22(31)14-33-24-28-27-23(29(24)4)17(3)25-21(30)13-18-8-10-19(32-5)11-9-18/h6-12,17H,13-14H2,1-5H3,(H,25,30)(H,26,31)/t17-/m1/s1. The molecule has 1 aromatic heterocycles. The van der Waals surface area contributed by atoms with Crippen molar-refractivity contribution in [2.75, 3.05) is 18.2 Å². The fraction of sp³-hybridized carbons (Fsp3) is 0.333. The normalized spacial score (nSPS) is 11.7. The second-order valence-corrected chi connectivity index (χ2v) is 8.81. The van der Waals surface area contributed by atoms with Crippen LogP contribution in [0.5, 0.6) is 5.75 Å². The molecule has 33 heavy (non-hydrogen) atoms. The number of ether oxygens (including phenoxy) is 1. The molecule has 0 fully saturated rings. The van der Waals surface area contributed by atoms with Crippen LogP contribution in [0.4, 0.5) is 5.69 Å². The highest BCUT2D eigenvalue weighted by Gasteiger charge is 2.18. The maximum absolute atomic E-state index is 12.5. The van der Waals surface area contributed by atoms with Crippen LogP contribution in [0.3, 0.4) is 0 Å². The molecule has 1 atom stereocenters. The van der Waals surface area contributed by atoms with Crippen LogP contribution >= 0.6 is 11.8 Å². The van der Waals surface area contributed by atoms with Gasteiger partial charge in [0.1, 0.15) is 5.75 Å². The first-order valence-electron chi connectivity index (χ1n) is 10.6. The smallest absolute Gasteiger partial charge is 0.234 e. The van der Waals surface area contributed by atoms with Gasteiger partial charge in [0.15, 0.2) is 11.0 Å². The number of anilines is 1. The largest absolute Gasteiger partial charge is 0.497 e. The van der Waals surface area contributed by atoms with Gasteiger partial charge in [0.2, 0.25) is 11.8 Å². The van der Waals surface area contributed by atoms with E-state index in [-0.39, 0.29) is 30.0 Å². The summed E-state index contributed by atoms with van der Waals surface area (Å²) in [6, 6.07) is 13.0. The van der Waals surface area contributed by atoms with E-state index in [1.54, 1.807) is 11.7 Å². The Labute approximate surface area is 198 Å². The van der Waals surface area contributed by atoms with Crippen molar-refractivity contribution in [1.29, 1.82) is 0 Å². The molecule has 0 aliphatic heterocycles. The van der Waals surface area contributed by atoms with E-state index in [0.29, 0.717) is 11.0 Å². The zero-order chi connectivity index (χ0) is 24.0. The van der Waals surface area contributed by atoms with Gasteiger partial charge in [-0.25, -0.2) is 0 Å². The number of thioether (sulfide) groups is 1. The van der Waals surface area contributed by atoms with Crippen molar-refractivity contribution >= 4 is 29.3 Å². The van der Waals surface area contributed by atoms with E-state index in [1.807, 2.05) is 70.3 Å². The minimum absolute atomic E-state index is 0.112. The zero-order valence-electron chi connectivity index (χ0n) is 19.5. The van der Waals surface area contributed by atoms with E-state index < -0.39 is 0 Å². The second kappa shape index (κ2) is 11.0. The molecule has 0 radical (unpaired) electrons. The van der Waals surface area contributed by atoms with Gasteiger partial charge in [0.25, 0.3) is 0 Å². The summed E-state index contributed by atoms with van der Waals surface area (Å²) >= 11 is 1.30. The Balaban J connectivity index is 1.53. The molecule has 0 saturated carbocycles. The summed E-state index contributed by atoms with van der Waals surface area (Å²) in [4.78, 5) is 24.9. The molecule has 174 valence electrons. The number of aromatic nitrogens is 3. The predicted molar refractivity (Wildman–Crippen MR) is 130 cm³/mol. The Morgan fingerprint density at radius 2 is 1.82 bits per heavy atom. The van der Waals surface area contributed by atoms with E-state index >= 15 is 0 Å². The van der Waals surface area contributed by atoms with E-state index in [9.17, 15) is 9.59 Å². The van der Waals surface area contributed by atoms with Crippen LogP contribution in [-0.2, 0) is 23.1 Å². The maximum atomic E-state index is 12.5. The SMILES string of the molecule is COc1ccc(CC(=O)N[C@H](C)c2nnc(SCC(=O)Nc3cc(C)ccc3C)n2C)cc1. The van der Waals surface area contributed by atoms with Crippen molar-refractivity contribution in [3.63, 3.8) is 0 Å². The first-order valence-corrected chi connectivity index (χ1v) is 11.6. The molecule has 0 aliphatic rings. The fourth-order valence-electron chi connectivity index (χ4n) is 3.30. The number of nitrogens with zero attached hydrogens (tertiary/aromatic N) is 3. The Hall–Kier alpha value is -3.33. The van der Waals surface area contributed by atoms with Crippen molar-refractivity contribution in [3.05, 3.63) is 65.0 Å². The Morgan fingerprint density at radius 3 is 2.52 bits per heavy atom. The summed E-state index contributed by atoms with van der Waals surface area (Å²) in [6.45, 7) is 5.81. The van der Waals surface area contributed by atoms with Crippen molar-refractivity contribution in [3.8, 4) is 5.75 Å². The number of amides is 2. The molecule has 3 aromatic rings. The number of carbonyl (C=O) groups excluding carboxylic acids is 2. The minimum Gasteiger partial charge on any atom is -0.497 e. The van der Waals surface area contributed by atoms with Crippen molar-refractivity contribution in [2.24, 2.45) is 7.05 Å². The molecule has 8 nitrogen and oxygen atoms in total. The van der Waals surface area contributed by atoms with Gasteiger partial charge in [-0.15, -0.1) is 10.2 Å². The Kier molecular flexibility index (Phi) is 8.11. The van der Waals surface area contributed by atoms with Gasteiger partial charge in [-0.3, -0.25) is 9.59 Å². The van der Waals surface area contributed by atoms with E-state index in [2.05, 4.69) is 20.8 Å². The lowest BCUT2D eigenvalue weighted by Crippen LogP contribution is -2.29. The summed E-state index contributed by atoms with van der Waals surface area (Å²) in [7, 11) is 3.43. The number of hydrogen-bond donors (Lipinski definition) is 2. The van der Waals surface area contributed by atoms with Gasteiger partial charge in [-0.2, -0.15) is 0 Å². The second-order valence-electron chi connectivity index (χ2n) is 7.87. The minimum atomic E-state index is -0.327. The lowest BCUT2D eigenvalue weighted by molar-refractivity contribution is -0.121. The molecule has 0 aliphatic carbocycles. The molecule has 0 bridgehead atoms. The van der Waals surface area contributed by atoms with Crippen LogP contribution in [-0.4, -0.2) is 39.4 Å². The van der Waals surface area contributed by atoms with Crippen LogP contribution in [0, 0.1) is 13.8 Å². The molecular formula is C24H29N5O3S. The van der Waals surface area contributed by atoms with Crippen LogP contribution in [0.25, 0.3) is 0 Å². The van der Waals surface area contributed by atoms with E-state index in [0.717, 1.165) is 28.1 Å². The van der Waals surface area contributed by atoms with Gasteiger partial charge in [-0.05, 0) is 55.7 Å². The summed E-state index contributed by atoms with van der Waals surface area (Å²) < 4.78 is 6.94. The Bertz CT molecular complexity index is 1130. The van der Waals surface area contributed by atoms with E-state index in [1.165, 1.54) is 11.8 Å². The quantitative estimate of drug-likeness (QED) is 0.467. The van der Waals surface area contributed by atoms with E-state index in [4.69, 9.17) is 4.74 Å². The average molecular weight is 468 g/mol. The zero-order valence-corrected chi connectivity index (χ0v) is 20.3. The molecule has 0 unspecified atom stereocenters. The number of methoxy groups -OCH3 is 1. The van der Waals surface area contributed by atoms with Gasteiger partial charge < -0.3 is 19.9 Å². The van der Waals surface area contributed by atoms with Gasteiger partial charge in [0, 0.05) is 12.7 Å². The molecule has 0 saturated heterocycles. The summed E-state index contributed by atoms with van der Waals surface area (Å²) in [5.41, 5.74) is 3.81. The molecular weight excluding hydrogens is 438 g/mol. The summed E-state index contributed by atoms with van der Waals surface area (Å²) in [5, 5.41) is 14.9. The number of rotatable bonds is 9. The van der Waals surface area contributed by atoms with Gasteiger partial charge in [-0.1, -0.05) is 36.0 Å². The maximum Gasteiger partial charge on any atom is 0.234 e. The molecule has 9 heteroatoms. The molecule has 1 heterocycles. The van der Waals surface area contributed by atoms with Crippen LogP contribution in [0.2, 0.25) is 0 Å². The lowest BCUT2D eigenvalue weighted by atomic mass is 10.1. The average Bonchev–Trinajstić information content (AvgIpc) is 3.15. The highest BCUT2D eigenvalue weighted by atomic mass is 32.2. The number of nitrogens with one attached hydrogen (secondary N) is 2. The van der Waals surface area contributed by atoms with Crippen molar-refractivity contribution in [2.45, 2.75) is 38.4 Å². The van der Waals surface area contributed by atoms with Crippen LogP contribution in [0.1, 0.15) is 35.5 Å². The monoisotopic (exact) mass is 467 g/mol. The highest BCUT2D eigenvalue weighted by molar-refractivity contribution is 7.99. The van der Waals surface area contributed by atoms with Gasteiger partial charge >= 0.3 is 0 Å². The third-order valence-corrected chi connectivity index (χ3v) is 6.18. The number of aryl methyl sites for hydroxylation is 2. The van der Waals surface area contributed by atoms with Crippen molar-refractivity contribution in [1.82, 2.24) is 20.1 Å². The predicted octanol–water partition coefficient (Wildman–Crippen LogP) is 3.59. The number of benzene rings is 2. The fourth-order valence-corrected chi connectivity index (χ4v) is 4.02. The molecule has 0 spiro atoms. The van der Waals surface area contributed by atoms with Crippen LogP contribution < -0.4 is 15.4 Å². The molecule has 2 amide bonds. The highest BCUT2D eigenvalue weighted by Crippen LogP contribution is 2.21. The van der Waals surface area contributed by atoms with Gasteiger partial charge in [0.05, 0.1) is 25.3 Å². The summed E-state index contributed by atoms with van der Waals surface area (Å²) in [5.74, 6) is 1.35. The topological polar surface area (TPSA) is 98.1 Å². The molecule has 2 N–H and O–H groups in total. The molecule has 2 aromatic carbocycles. The molecule has 3 rings (SSSR count). The Morgan fingerprint density at radius 1 is 1.09 bits per heavy atom. The third-order valence-electron chi connectivity index (χ3n) is 5.16.